The molecule has 1 aromatic carbocycles. The molecular weight excluding hydrogens is 288 g/mol. The van der Waals surface area contributed by atoms with E-state index in [1.807, 2.05) is 6.92 Å². The Labute approximate surface area is 136 Å². The van der Waals surface area contributed by atoms with Crippen molar-refractivity contribution in [3.05, 3.63) is 35.4 Å². The molecule has 1 unspecified atom stereocenters. The molecule has 1 N–H and O–H groups in total. The number of aryl methyl sites for hydroxylation is 1. The van der Waals surface area contributed by atoms with Crippen LogP contribution in [0.15, 0.2) is 24.3 Å². The molecule has 1 atom stereocenters. The Morgan fingerprint density at radius 1 is 1.18 bits per heavy atom. The zero-order valence-electron chi connectivity index (χ0n) is 14.3. The molecule has 1 aromatic rings. The molecule has 0 bridgehead atoms. The van der Waals surface area contributed by atoms with E-state index in [1.165, 1.54) is 5.56 Å². The molecule has 0 radical (unpaired) electrons. The van der Waals surface area contributed by atoms with Gasteiger partial charge in [0.1, 0.15) is 8.07 Å². The Bertz CT molecular complexity index is 529. The minimum Gasteiger partial charge on any atom is -0.481 e. The summed E-state index contributed by atoms with van der Waals surface area (Å²) in [5.41, 5.74) is 5.77. The van der Waals surface area contributed by atoms with E-state index >= 15 is 0 Å². The van der Waals surface area contributed by atoms with Gasteiger partial charge in [-0.15, -0.1) is 5.54 Å². The second kappa shape index (κ2) is 8.80. The van der Waals surface area contributed by atoms with Crippen LogP contribution >= 0.6 is 0 Å². The zero-order chi connectivity index (χ0) is 16.6. The van der Waals surface area contributed by atoms with Crippen molar-refractivity contribution in [1.82, 2.24) is 0 Å². The van der Waals surface area contributed by atoms with Crippen molar-refractivity contribution in [3.8, 4) is 11.5 Å². The monoisotopic (exact) mass is 316 g/mol. The van der Waals surface area contributed by atoms with E-state index in [4.69, 9.17) is 5.11 Å². The standard InChI is InChI=1S/C19H28O2Si/c1-5-18(19(20)21)9-7-6-8-16-10-12-17(13-11-16)14-15-22(2,3)4/h10-13,18H,5-9H2,1-4H3,(H,20,21). The van der Waals surface area contributed by atoms with Gasteiger partial charge in [-0.25, -0.2) is 0 Å². The lowest BCUT2D eigenvalue weighted by molar-refractivity contribution is -0.142. The van der Waals surface area contributed by atoms with Crippen molar-refractivity contribution in [2.75, 3.05) is 0 Å². The minimum absolute atomic E-state index is 0.181. The Hall–Kier alpha value is -1.53. The van der Waals surface area contributed by atoms with Crippen LogP contribution in [0.2, 0.25) is 19.6 Å². The van der Waals surface area contributed by atoms with E-state index in [0.29, 0.717) is 0 Å². The quantitative estimate of drug-likeness (QED) is 0.448. The van der Waals surface area contributed by atoms with E-state index < -0.39 is 14.0 Å². The van der Waals surface area contributed by atoms with Gasteiger partial charge in [-0.05, 0) is 43.4 Å². The predicted octanol–water partition coefficient (Wildman–Crippen LogP) is 4.74. The molecule has 0 heterocycles. The number of aliphatic carboxylic acids is 1. The fourth-order valence-corrected chi connectivity index (χ4v) is 2.76. The zero-order valence-corrected chi connectivity index (χ0v) is 15.3. The summed E-state index contributed by atoms with van der Waals surface area (Å²) < 4.78 is 0. The molecule has 22 heavy (non-hydrogen) atoms. The van der Waals surface area contributed by atoms with Gasteiger partial charge in [-0.3, -0.25) is 4.79 Å². The van der Waals surface area contributed by atoms with E-state index in [0.717, 1.165) is 37.7 Å². The summed E-state index contributed by atoms with van der Waals surface area (Å²) >= 11 is 0. The average molecular weight is 317 g/mol. The molecule has 1 rings (SSSR count). The minimum atomic E-state index is -1.31. The summed E-state index contributed by atoms with van der Waals surface area (Å²) in [5, 5.41) is 9.02. The van der Waals surface area contributed by atoms with Crippen LogP contribution in [0.4, 0.5) is 0 Å². The van der Waals surface area contributed by atoms with Crippen LogP contribution < -0.4 is 0 Å². The van der Waals surface area contributed by atoms with Crippen LogP contribution in [0.3, 0.4) is 0 Å². The first-order valence-electron chi connectivity index (χ1n) is 8.16. The van der Waals surface area contributed by atoms with E-state index in [9.17, 15) is 4.79 Å². The third-order valence-corrected chi connectivity index (χ3v) is 4.52. The highest BCUT2D eigenvalue weighted by Crippen LogP contribution is 2.15. The van der Waals surface area contributed by atoms with Crippen molar-refractivity contribution in [2.24, 2.45) is 5.92 Å². The number of unbranched alkanes of at least 4 members (excludes halogenated alkanes) is 1. The number of hydrogen-bond acceptors (Lipinski definition) is 1. The second-order valence-electron chi connectivity index (χ2n) is 6.89. The second-order valence-corrected chi connectivity index (χ2v) is 11.6. The van der Waals surface area contributed by atoms with E-state index in [-0.39, 0.29) is 5.92 Å². The Kier molecular flexibility index (Phi) is 7.41. The molecular formula is C19H28O2Si. The third kappa shape index (κ3) is 7.47. The number of rotatable bonds is 7. The first kappa shape index (κ1) is 18.5. The van der Waals surface area contributed by atoms with Crippen LogP contribution in [-0.4, -0.2) is 19.1 Å². The van der Waals surface area contributed by atoms with E-state index in [1.54, 1.807) is 0 Å². The van der Waals surface area contributed by atoms with Crippen molar-refractivity contribution in [2.45, 2.75) is 58.7 Å². The number of carboxylic acid groups (broad SMARTS) is 1. The topological polar surface area (TPSA) is 37.3 Å². The Balaban J connectivity index is 2.42. The SMILES string of the molecule is CCC(CCCCc1ccc(C#C[Si](C)(C)C)cc1)C(=O)O. The third-order valence-electron chi connectivity index (χ3n) is 3.65. The number of carbonyl (C=O) groups is 1. The number of hydrogen-bond donors (Lipinski definition) is 1. The van der Waals surface area contributed by atoms with Crippen LogP contribution in [0.5, 0.6) is 0 Å². The van der Waals surface area contributed by atoms with Gasteiger partial charge in [-0.1, -0.05) is 51.0 Å². The molecule has 0 aliphatic carbocycles. The smallest absolute Gasteiger partial charge is 0.306 e. The highest BCUT2D eigenvalue weighted by molar-refractivity contribution is 6.83. The lowest BCUT2D eigenvalue weighted by Crippen LogP contribution is -2.16. The summed E-state index contributed by atoms with van der Waals surface area (Å²) in [6, 6.07) is 8.47. The van der Waals surface area contributed by atoms with Gasteiger partial charge in [0.15, 0.2) is 0 Å². The van der Waals surface area contributed by atoms with Gasteiger partial charge in [0, 0.05) is 5.56 Å². The highest BCUT2D eigenvalue weighted by Gasteiger charge is 2.13. The molecule has 0 aliphatic heterocycles. The molecule has 3 heteroatoms. The summed E-state index contributed by atoms with van der Waals surface area (Å²) in [6.45, 7) is 8.68. The highest BCUT2D eigenvalue weighted by atomic mass is 28.3. The van der Waals surface area contributed by atoms with Crippen LogP contribution in [-0.2, 0) is 11.2 Å². The Morgan fingerprint density at radius 3 is 2.32 bits per heavy atom. The van der Waals surface area contributed by atoms with Gasteiger partial charge >= 0.3 is 5.97 Å². The van der Waals surface area contributed by atoms with Gasteiger partial charge in [0.25, 0.3) is 0 Å². The summed E-state index contributed by atoms with van der Waals surface area (Å²) in [7, 11) is -1.31. The van der Waals surface area contributed by atoms with Crippen LogP contribution in [0, 0.1) is 17.4 Å². The maximum atomic E-state index is 11.0. The summed E-state index contributed by atoms with van der Waals surface area (Å²) in [5.74, 6) is 2.42. The molecule has 0 saturated heterocycles. The lowest BCUT2D eigenvalue weighted by atomic mass is 9.97. The maximum absolute atomic E-state index is 11.0. The van der Waals surface area contributed by atoms with Gasteiger partial charge in [-0.2, -0.15) is 0 Å². The van der Waals surface area contributed by atoms with Crippen molar-refractivity contribution >= 4 is 14.0 Å². The largest absolute Gasteiger partial charge is 0.481 e. The average Bonchev–Trinajstić information content (AvgIpc) is 2.45. The number of benzene rings is 1. The predicted molar refractivity (Wildman–Crippen MR) is 95.6 cm³/mol. The van der Waals surface area contributed by atoms with Crippen molar-refractivity contribution in [3.63, 3.8) is 0 Å². The fourth-order valence-electron chi connectivity index (χ4n) is 2.24. The van der Waals surface area contributed by atoms with Crippen molar-refractivity contribution < 1.29 is 9.90 Å². The molecule has 0 amide bonds. The Morgan fingerprint density at radius 2 is 1.82 bits per heavy atom. The molecule has 0 aliphatic rings. The first-order valence-corrected chi connectivity index (χ1v) is 11.7. The fraction of sp³-hybridized carbons (Fsp3) is 0.526. The maximum Gasteiger partial charge on any atom is 0.306 e. The molecule has 0 saturated carbocycles. The van der Waals surface area contributed by atoms with Crippen LogP contribution in [0.25, 0.3) is 0 Å². The molecule has 2 nitrogen and oxygen atoms in total. The normalized spacial score (nSPS) is 12.4. The molecule has 0 spiro atoms. The summed E-state index contributed by atoms with van der Waals surface area (Å²) in [4.78, 5) is 11.0. The number of carboxylic acids is 1. The first-order chi connectivity index (χ1) is 10.3. The molecule has 0 fully saturated rings. The van der Waals surface area contributed by atoms with Gasteiger partial charge < -0.3 is 5.11 Å². The molecule has 0 aromatic heterocycles. The van der Waals surface area contributed by atoms with E-state index in [2.05, 4.69) is 55.4 Å². The van der Waals surface area contributed by atoms with Gasteiger partial charge in [0.2, 0.25) is 0 Å². The summed E-state index contributed by atoms with van der Waals surface area (Å²) in [6.07, 6.45) is 4.54. The van der Waals surface area contributed by atoms with Crippen molar-refractivity contribution in [1.29, 1.82) is 0 Å². The van der Waals surface area contributed by atoms with Gasteiger partial charge in [0.05, 0.1) is 5.92 Å². The van der Waals surface area contributed by atoms with Crippen LogP contribution in [0.1, 0.15) is 43.7 Å². The molecule has 120 valence electrons. The lowest BCUT2D eigenvalue weighted by Gasteiger charge is -2.09.